The minimum absolute atomic E-state index is 0.0283. The summed E-state index contributed by atoms with van der Waals surface area (Å²) in [5, 5.41) is 2.27. The third kappa shape index (κ3) is 4.29. The summed E-state index contributed by atoms with van der Waals surface area (Å²) in [6, 6.07) is 5.22. The Balaban J connectivity index is 2.84. The molecule has 0 aliphatic heterocycles. The molecule has 1 aromatic rings. The quantitative estimate of drug-likeness (QED) is 0.342. The molecule has 88 valence electrons. The molecule has 0 aromatic carbocycles. The van der Waals surface area contributed by atoms with Crippen LogP contribution in [-0.4, -0.2) is 24.0 Å². The maximum absolute atomic E-state index is 11.5. The van der Waals surface area contributed by atoms with E-state index in [4.69, 9.17) is 4.74 Å². The van der Waals surface area contributed by atoms with Gasteiger partial charge < -0.3 is 10.1 Å². The molecular weight excluding hydrogens is 220 g/mol. The average Bonchev–Trinajstić information content (AvgIpc) is 2.36. The summed E-state index contributed by atoms with van der Waals surface area (Å²) in [6.07, 6.45) is 4.86. The maximum atomic E-state index is 11.5. The lowest BCUT2D eigenvalue weighted by atomic mass is 10.3. The standard InChI is InChI=1S/C12H12N2O3/c1-2-7-17-12(16)11(14-9-15)8-10-5-3-4-6-13-10/h2-6,8-9H,1,7H2,(H,14,15). The van der Waals surface area contributed by atoms with Gasteiger partial charge in [-0.3, -0.25) is 9.78 Å². The lowest BCUT2D eigenvalue weighted by Crippen LogP contribution is -2.21. The van der Waals surface area contributed by atoms with E-state index in [1.54, 1.807) is 24.4 Å². The Bertz CT molecular complexity index is 427. The number of aromatic nitrogens is 1. The topological polar surface area (TPSA) is 68.3 Å². The molecule has 5 heteroatoms. The highest BCUT2D eigenvalue weighted by Gasteiger charge is 2.09. The van der Waals surface area contributed by atoms with E-state index in [0.29, 0.717) is 12.1 Å². The second kappa shape index (κ2) is 6.95. The Morgan fingerprint density at radius 3 is 2.94 bits per heavy atom. The summed E-state index contributed by atoms with van der Waals surface area (Å²) in [5.74, 6) is -0.636. The van der Waals surface area contributed by atoms with Gasteiger partial charge in [0.2, 0.25) is 6.41 Å². The van der Waals surface area contributed by atoms with Crippen molar-refractivity contribution in [1.29, 1.82) is 0 Å². The predicted molar refractivity (Wildman–Crippen MR) is 62.6 cm³/mol. The summed E-state index contributed by atoms with van der Waals surface area (Å²) in [7, 11) is 0. The first-order valence-corrected chi connectivity index (χ1v) is 4.89. The molecular formula is C12H12N2O3. The number of esters is 1. The summed E-state index contributed by atoms with van der Waals surface area (Å²) in [4.78, 5) is 25.9. The van der Waals surface area contributed by atoms with Crippen molar-refractivity contribution in [1.82, 2.24) is 10.3 Å². The van der Waals surface area contributed by atoms with Gasteiger partial charge in [-0.2, -0.15) is 0 Å². The van der Waals surface area contributed by atoms with Crippen LogP contribution >= 0.6 is 0 Å². The van der Waals surface area contributed by atoms with Gasteiger partial charge in [0.25, 0.3) is 0 Å². The van der Waals surface area contributed by atoms with Gasteiger partial charge in [-0.25, -0.2) is 4.79 Å². The van der Waals surface area contributed by atoms with E-state index in [9.17, 15) is 9.59 Å². The second-order valence-corrected chi connectivity index (χ2v) is 2.96. The van der Waals surface area contributed by atoms with Crippen LogP contribution in [0.25, 0.3) is 6.08 Å². The van der Waals surface area contributed by atoms with Gasteiger partial charge in [-0.15, -0.1) is 0 Å². The van der Waals surface area contributed by atoms with Gasteiger partial charge in [0.05, 0.1) is 5.69 Å². The molecule has 1 N–H and O–H groups in total. The minimum atomic E-state index is -0.636. The zero-order chi connectivity index (χ0) is 12.5. The van der Waals surface area contributed by atoms with Gasteiger partial charge in [-0.05, 0) is 18.2 Å². The lowest BCUT2D eigenvalue weighted by Gasteiger charge is -2.04. The van der Waals surface area contributed by atoms with E-state index in [2.05, 4.69) is 16.9 Å². The molecule has 1 aromatic heterocycles. The minimum Gasteiger partial charge on any atom is -0.457 e. The van der Waals surface area contributed by atoms with Gasteiger partial charge >= 0.3 is 5.97 Å². The van der Waals surface area contributed by atoms with Crippen molar-refractivity contribution < 1.29 is 14.3 Å². The number of carbonyl (C=O) groups excluding carboxylic acids is 2. The van der Waals surface area contributed by atoms with Crippen molar-refractivity contribution in [2.75, 3.05) is 6.61 Å². The van der Waals surface area contributed by atoms with E-state index >= 15 is 0 Å². The second-order valence-electron chi connectivity index (χ2n) is 2.96. The molecule has 0 fully saturated rings. The molecule has 1 heterocycles. The molecule has 0 spiro atoms. The van der Waals surface area contributed by atoms with Crippen LogP contribution in [0.1, 0.15) is 5.69 Å². The average molecular weight is 232 g/mol. The van der Waals surface area contributed by atoms with E-state index in [0.717, 1.165) is 0 Å². The highest BCUT2D eigenvalue weighted by atomic mass is 16.5. The summed E-state index contributed by atoms with van der Waals surface area (Å²) in [5.41, 5.74) is 0.577. The molecule has 0 saturated carbocycles. The third-order valence-corrected chi connectivity index (χ3v) is 1.75. The van der Waals surface area contributed by atoms with Crippen LogP contribution in [0.5, 0.6) is 0 Å². The first kappa shape index (κ1) is 12.6. The van der Waals surface area contributed by atoms with Crippen LogP contribution < -0.4 is 5.32 Å². The lowest BCUT2D eigenvalue weighted by molar-refractivity contribution is -0.138. The molecule has 0 atom stereocenters. The van der Waals surface area contributed by atoms with E-state index in [1.807, 2.05) is 0 Å². The van der Waals surface area contributed by atoms with Gasteiger partial charge in [0, 0.05) is 6.20 Å². The summed E-state index contributed by atoms with van der Waals surface area (Å²) < 4.78 is 4.80. The fourth-order valence-electron chi connectivity index (χ4n) is 1.04. The molecule has 0 radical (unpaired) electrons. The van der Waals surface area contributed by atoms with Crippen molar-refractivity contribution in [3.8, 4) is 0 Å². The van der Waals surface area contributed by atoms with Gasteiger partial charge in [0.1, 0.15) is 12.3 Å². The number of ether oxygens (including phenoxy) is 1. The summed E-state index contributed by atoms with van der Waals surface area (Å²) >= 11 is 0. The fraction of sp³-hybridized carbons (Fsp3) is 0.0833. The van der Waals surface area contributed by atoms with E-state index in [1.165, 1.54) is 12.2 Å². The highest BCUT2D eigenvalue weighted by molar-refractivity contribution is 5.94. The van der Waals surface area contributed by atoms with Crippen molar-refractivity contribution in [2.45, 2.75) is 0 Å². The molecule has 0 aliphatic carbocycles. The zero-order valence-corrected chi connectivity index (χ0v) is 9.13. The SMILES string of the molecule is C=CCOC(=O)C(=Cc1ccccn1)NC=O. The predicted octanol–water partition coefficient (Wildman–Crippen LogP) is 0.898. The Kier molecular flexibility index (Phi) is 5.16. The molecule has 1 rings (SSSR count). The normalized spacial score (nSPS) is 10.5. The number of hydrogen-bond acceptors (Lipinski definition) is 4. The number of amides is 1. The first-order valence-electron chi connectivity index (χ1n) is 4.89. The summed E-state index contributed by atoms with van der Waals surface area (Å²) in [6.45, 7) is 3.51. The Labute approximate surface area is 98.8 Å². The van der Waals surface area contributed by atoms with Crippen molar-refractivity contribution >= 4 is 18.5 Å². The zero-order valence-electron chi connectivity index (χ0n) is 9.13. The van der Waals surface area contributed by atoms with Crippen molar-refractivity contribution in [3.63, 3.8) is 0 Å². The fourth-order valence-corrected chi connectivity index (χ4v) is 1.04. The van der Waals surface area contributed by atoms with E-state index < -0.39 is 5.97 Å². The molecule has 1 amide bonds. The first-order chi connectivity index (χ1) is 8.27. The maximum Gasteiger partial charge on any atom is 0.355 e. The molecule has 0 saturated heterocycles. The van der Waals surface area contributed by atoms with Crippen LogP contribution in [-0.2, 0) is 14.3 Å². The Morgan fingerprint density at radius 2 is 2.35 bits per heavy atom. The molecule has 0 unspecified atom stereocenters. The number of hydrogen-bond donors (Lipinski definition) is 1. The molecule has 0 bridgehead atoms. The van der Waals surface area contributed by atoms with Crippen molar-refractivity contribution in [3.05, 3.63) is 48.4 Å². The van der Waals surface area contributed by atoms with Gasteiger partial charge in [-0.1, -0.05) is 18.7 Å². The highest BCUT2D eigenvalue weighted by Crippen LogP contribution is 2.02. The van der Waals surface area contributed by atoms with Gasteiger partial charge in [0.15, 0.2) is 0 Å². The van der Waals surface area contributed by atoms with Crippen LogP contribution in [0, 0.1) is 0 Å². The largest absolute Gasteiger partial charge is 0.457 e. The Morgan fingerprint density at radius 1 is 1.53 bits per heavy atom. The third-order valence-electron chi connectivity index (χ3n) is 1.75. The van der Waals surface area contributed by atoms with E-state index in [-0.39, 0.29) is 12.3 Å². The monoisotopic (exact) mass is 232 g/mol. The van der Waals surface area contributed by atoms with Crippen molar-refractivity contribution in [2.24, 2.45) is 0 Å². The number of pyridine rings is 1. The molecule has 5 nitrogen and oxygen atoms in total. The number of rotatable bonds is 6. The van der Waals surface area contributed by atoms with Crippen LogP contribution in [0.15, 0.2) is 42.7 Å². The number of carbonyl (C=O) groups is 2. The smallest absolute Gasteiger partial charge is 0.355 e. The van der Waals surface area contributed by atoms with Crippen LogP contribution in [0.3, 0.4) is 0 Å². The number of nitrogens with one attached hydrogen (secondary N) is 1. The number of nitrogens with zero attached hydrogens (tertiary/aromatic N) is 1. The Hall–Kier alpha value is -2.43. The molecule has 0 aliphatic rings. The van der Waals surface area contributed by atoms with Crippen LogP contribution in [0.4, 0.5) is 0 Å². The van der Waals surface area contributed by atoms with Crippen LogP contribution in [0.2, 0.25) is 0 Å². The molecule has 17 heavy (non-hydrogen) atoms.